The molecule has 16 heavy (non-hydrogen) atoms. The molecule has 0 aliphatic rings. The van der Waals surface area contributed by atoms with Crippen molar-refractivity contribution in [2.75, 3.05) is 7.11 Å². The van der Waals surface area contributed by atoms with Crippen LogP contribution in [0.3, 0.4) is 0 Å². The van der Waals surface area contributed by atoms with Crippen LogP contribution in [0, 0.1) is 12.7 Å². The minimum absolute atomic E-state index is 0.146. The van der Waals surface area contributed by atoms with Gasteiger partial charge in [-0.15, -0.1) is 0 Å². The quantitative estimate of drug-likeness (QED) is 0.822. The zero-order valence-electron chi connectivity index (χ0n) is 9.03. The highest BCUT2D eigenvalue weighted by Crippen LogP contribution is 2.29. The summed E-state index contributed by atoms with van der Waals surface area (Å²) in [5.41, 5.74) is 0.524. The van der Waals surface area contributed by atoms with Gasteiger partial charge in [-0.05, 0) is 24.6 Å². The number of methoxy groups -OCH3 is 1. The van der Waals surface area contributed by atoms with Crippen LogP contribution in [0.15, 0.2) is 12.1 Å². The molecular weight excluding hydrogens is 215 g/mol. The Hall–Kier alpha value is -1.62. The summed E-state index contributed by atoms with van der Waals surface area (Å²) in [6.07, 6.45) is -1.76. The van der Waals surface area contributed by atoms with Crippen LogP contribution < -0.4 is 4.74 Å². The molecule has 0 aliphatic carbocycles. The molecule has 1 aromatic rings. The maximum atomic E-state index is 13.3. The molecule has 0 heterocycles. The molecule has 0 saturated heterocycles. The van der Waals surface area contributed by atoms with E-state index in [0.29, 0.717) is 5.56 Å². The third-order valence-electron chi connectivity index (χ3n) is 2.24. The van der Waals surface area contributed by atoms with Crippen molar-refractivity contribution in [2.45, 2.75) is 19.4 Å². The maximum Gasteiger partial charge on any atom is 0.306 e. The highest BCUT2D eigenvalue weighted by atomic mass is 19.1. The minimum Gasteiger partial charge on any atom is -0.496 e. The van der Waals surface area contributed by atoms with E-state index < -0.39 is 24.3 Å². The largest absolute Gasteiger partial charge is 0.496 e. The van der Waals surface area contributed by atoms with Crippen molar-refractivity contribution < 1.29 is 24.1 Å². The number of benzene rings is 1. The highest BCUT2D eigenvalue weighted by Gasteiger charge is 2.18. The van der Waals surface area contributed by atoms with Gasteiger partial charge in [0.1, 0.15) is 11.6 Å². The smallest absolute Gasteiger partial charge is 0.306 e. The number of ether oxygens (including phenoxy) is 1. The Labute approximate surface area is 92.3 Å². The number of halogens is 1. The monoisotopic (exact) mass is 228 g/mol. The van der Waals surface area contributed by atoms with Crippen LogP contribution in [0.25, 0.3) is 0 Å². The number of aryl methyl sites for hydroxylation is 1. The highest BCUT2D eigenvalue weighted by molar-refractivity contribution is 5.68. The Kier molecular flexibility index (Phi) is 3.84. The average molecular weight is 228 g/mol. The predicted molar refractivity (Wildman–Crippen MR) is 54.9 cm³/mol. The van der Waals surface area contributed by atoms with E-state index in [9.17, 15) is 14.3 Å². The standard InChI is InChI=1S/C11H13FO4/c1-6-3-10(16-2)7(4-8(6)12)9(13)5-11(14)15/h3-4,9,13H,5H2,1-2H3,(H,14,15). The summed E-state index contributed by atoms with van der Waals surface area (Å²) in [4.78, 5) is 10.4. The lowest BCUT2D eigenvalue weighted by Crippen LogP contribution is -2.07. The summed E-state index contributed by atoms with van der Waals surface area (Å²) in [5.74, 6) is -1.37. The predicted octanol–water partition coefficient (Wildman–Crippen LogP) is 1.65. The van der Waals surface area contributed by atoms with Crippen LogP contribution in [0.2, 0.25) is 0 Å². The lowest BCUT2D eigenvalue weighted by molar-refractivity contribution is -0.139. The molecule has 88 valence electrons. The third-order valence-corrected chi connectivity index (χ3v) is 2.24. The van der Waals surface area contributed by atoms with Gasteiger partial charge >= 0.3 is 5.97 Å². The fourth-order valence-electron chi connectivity index (χ4n) is 1.38. The van der Waals surface area contributed by atoms with Crippen LogP contribution in [-0.4, -0.2) is 23.3 Å². The number of aliphatic carboxylic acids is 1. The molecule has 0 saturated carbocycles. The fraction of sp³-hybridized carbons (Fsp3) is 0.364. The molecule has 1 atom stereocenters. The third kappa shape index (κ3) is 2.70. The maximum absolute atomic E-state index is 13.3. The van der Waals surface area contributed by atoms with Gasteiger partial charge in [0, 0.05) is 5.56 Å². The van der Waals surface area contributed by atoms with Gasteiger partial charge in [0.2, 0.25) is 0 Å². The van der Waals surface area contributed by atoms with Crippen molar-refractivity contribution in [3.8, 4) is 5.75 Å². The first-order valence-electron chi connectivity index (χ1n) is 4.69. The van der Waals surface area contributed by atoms with Gasteiger partial charge in [0.15, 0.2) is 0 Å². The topological polar surface area (TPSA) is 66.8 Å². The Bertz CT molecular complexity index is 403. The van der Waals surface area contributed by atoms with Gasteiger partial charge < -0.3 is 14.9 Å². The van der Waals surface area contributed by atoms with Crippen LogP contribution >= 0.6 is 0 Å². The van der Waals surface area contributed by atoms with Crippen LogP contribution in [0.5, 0.6) is 5.75 Å². The zero-order valence-corrected chi connectivity index (χ0v) is 9.03. The number of carboxylic acids is 1. The molecule has 4 nitrogen and oxygen atoms in total. The number of carboxylic acid groups (broad SMARTS) is 1. The Morgan fingerprint density at radius 1 is 1.56 bits per heavy atom. The Morgan fingerprint density at radius 3 is 2.69 bits per heavy atom. The molecule has 0 aliphatic heterocycles. The first kappa shape index (κ1) is 12.4. The van der Waals surface area contributed by atoms with E-state index in [2.05, 4.69) is 0 Å². The molecule has 0 spiro atoms. The molecule has 1 unspecified atom stereocenters. The molecule has 0 amide bonds. The van der Waals surface area contributed by atoms with Crippen LogP contribution in [-0.2, 0) is 4.79 Å². The van der Waals surface area contributed by atoms with Gasteiger partial charge in [-0.25, -0.2) is 4.39 Å². The molecule has 1 aromatic carbocycles. The van der Waals surface area contributed by atoms with Crippen LogP contribution in [0.1, 0.15) is 23.7 Å². The number of rotatable bonds is 4. The second-order valence-electron chi connectivity index (χ2n) is 3.46. The summed E-state index contributed by atoms with van der Waals surface area (Å²) >= 11 is 0. The van der Waals surface area contributed by atoms with Gasteiger partial charge in [0.05, 0.1) is 19.6 Å². The van der Waals surface area contributed by atoms with Crippen molar-refractivity contribution in [1.82, 2.24) is 0 Å². The summed E-state index contributed by atoms with van der Waals surface area (Å²) in [7, 11) is 1.38. The van der Waals surface area contributed by atoms with E-state index in [0.717, 1.165) is 6.07 Å². The second-order valence-corrected chi connectivity index (χ2v) is 3.46. The Morgan fingerprint density at radius 2 is 2.19 bits per heavy atom. The van der Waals surface area contributed by atoms with E-state index in [-0.39, 0.29) is 11.3 Å². The molecular formula is C11H13FO4. The zero-order chi connectivity index (χ0) is 12.3. The minimum atomic E-state index is -1.28. The van der Waals surface area contributed by atoms with Gasteiger partial charge in [-0.1, -0.05) is 0 Å². The van der Waals surface area contributed by atoms with Crippen molar-refractivity contribution in [2.24, 2.45) is 0 Å². The number of hydrogen-bond acceptors (Lipinski definition) is 3. The average Bonchev–Trinajstić information content (AvgIpc) is 2.20. The van der Waals surface area contributed by atoms with E-state index >= 15 is 0 Å². The van der Waals surface area contributed by atoms with E-state index in [4.69, 9.17) is 9.84 Å². The first-order valence-corrected chi connectivity index (χ1v) is 4.69. The molecule has 1 rings (SSSR count). The van der Waals surface area contributed by atoms with Crippen LogP contribution in [0.4, 0.5) is 4.39 Å². The van der Waals surface area contributed by atoms with Crippen molar-refractivity contribution in [3.63, 3.8) is 0 Å². The summed E-state index contributed by atoms with van der Waals surface area (Å²) < 4.78 is 18.2. The van der Waals surface area contributed by atoms with Gasteiger partial charge in [-0.2, -0.15) is 0 Å². The molecule has 0 fully saturated rings. The van der Waals surface area contributed by atoms with Crippen molar-refractivity contribution in [1.29, 1.82) is 0 Å². The summed E-state index contributed by atoms with van der Waals surface area (Å²) in [6.45, 7) is 1.56. The lowest BCUT2D eigenvalue weighted by atomic mass is 10.0. The Balaban J connectivity index is 3.10. The SMILES string of the molecule is COc1cc(C)c(F)cc1C(O)CC(=O)O. The van der Waals surface area contributed by atoms with E-state index in [1.165, 1.54) is 13.2 Å². The van der Waals surface area contributed by atoms with E-state index in [1.807, 2.05) is 0 Å². The number of aliphatic hydroxyl groups excluding tert-OH is 1. The number of carbonyl (C=O) groups is 1. The molecule has 0 aromatic heterocycles. The molecule has 0 bridgehead atoms. The van der Waals surface area contributed by atoms with Gasteiger partial charge in [-0.3, -0.25) is 4.79 Å². The van der Waals surface area contributed by atoms with Crippen molar-refractivity contribution in [3.05, 3.63) is 29.1 Å². The summed E-state index contributed by atoms with van der Waals surface area (Å²) in [5, 5.41) is 18.1. The second kappa shape index (κ2) is 4.94. The van der Waals surface area contributed by atoms with Crippen molar-refractivity contribution >= 4 is 5.97 Å². The first-order chi connectivity index (χ1) is 7.45. The molecule has 2 N–H and O–H groups in total. The molecule has 5 heteroatoms. The molecule has 0 radical (unpaired) electrons. The van der Waals surface area contributed by atoms with E-state index in [1.54, 1.807) is 6.92 Å². The number of aliphatic hydroxyl groups is 1. The van der Waals surface area contributed by atoms with Gasteiger partial charge in [0.25, 0.3) is 0 Å². The summed E-state index contributed by atoms with van der Waals surface area (Å²) in [6, 6.07) is 2.53. The lowest BCUT2D eigenvalue weighted by Gasteiger charge is -2.14. The normalized spacial score (nSPS) is 12.2. The number of hydrogen-bond donors (Lipinski definition) is 2. The fourth-order valence-corrected chi connectivity index (χ4v) is 1.38.